The highest BCUT2D eigenvalue weighted by Gasteiger charge is 2.19. The van der Waals surface area contributed by atoms with Gasteiger partial charge in [0.15, 0.2) is 0 Å². The Morgan fingerprint density at radius 3 is 2.31 bits per heavy atom. The van der Waals surface area contributed by atoms with Crippen LogP contribution in [0.5, 0.6) is 0 Å². The molecule has 0 spiro atoms. The molecule has 1 rings (SSSR count). The van der Waals surface area contributed by atoms with E-state index in [1.54, 1.807) is 19.1 Å². The highest BCUT2D eigenvalue weighted by Crippen LogP contribution is 2.22. The molecule has 0 amide bonds. The van der Waals surface area contributed by atoms with Crippen molar-refractivity contribution in [2.75, 3.05) is 0 Å². The lowest BCUT2D eigenvalue weighted by Crippen LogP contribution is -2.11. The van der Waals surface area contributed by atoms with Crippen molar-refractivity contribution in [2.45, 2.75) is 12.8 Å². The number of carboxylic acids is 1. The third-order valence-electron chi connectivity index (χ3n) is 1.87. The van der Waals surface area contributed by atoms with Crippen LogP contribution in [-0.2, 0) is 4.79 Å². The summed E-state index contributed by atoms with van der Waals surface area (Å²) in [5.74, 6) is -1.43. The molecule has 1 aromatic carbocycles. The third-order valence-corrected chi connectivity index (χ3v) is 1.87. The van der Waals surface area contributed by atoms with Crippen LogP contribution in [0.3, 0.4) is 0 Å². The van der Waals surface area contributed by atoms with Crippen LogP contribution in [0, 0.1) is 0 Å². The average molecular weight is 176 g/mol. The van der Waals surface area contributed by atoms with E-state index < -0.39 is 11.9 Å². The van der Waals surface area contributed by atoms with Gasteiger partial charge in [-0.25, -0.2) is 0 Å². The quantitative estimate of drug-likeness (QED) is 0.718. The van der Waals surface area contributed by atoms with Crippen molar-refractivity contribution in [3.05, 3.63) is 48.0 Å². The summed E-state index contributed by atoms with van der Waals surface area (Å²) in [5, 5.41) is 8.94. The average Bonchev–Trinajstić information content (AvgIpc) is 2.04. The molecule has 0 bridgehead atoms. The molecular formula is C11H12O2. The van der Waals surface area contributed by atoms with E-state index in [1.807, 2.05) is 18.2 Å². The molecule has 1 atom stereocenters. The monoisotopic (exact) mass is 176 g/mol. The summed E-state index contributed by atoms with van der Waals surface area (Å²) in [5.41, 5.74) is 1.43. The van der Waals surface area contributed by atoms with Crippen LogP contribution in [0.2, 0.25) is 0 Å². The molecule has 1 unspecified atom stereocenters. The Bertz CT molecular complexity index is 300. The van der Waals surface area contributed by atoms with E-state index in [9.17, 15) is 4.79 Å². The molecule has 68 valence electrons. The Kier molecular flexibility index (Phi) is 2.85. The topological polar surface area (TPSA) is 37.3 Å². The molecule has 0 fully saturated rings. The standard InChI is InChI=1S/C11H12O2/c1-8(2)10(11(12)13)9-6-4-3-5-7-9/h3-7,10H,1H2,2H3,(H,12,13). The number of aliphatic carboxylic acids is 1. The minimum absolute atomic E-state index is 0.582. The molecule has 1 N–H and O–H groups in total. The maximum Gasteiger partial charge on any atom is 0.315 e. The lowest BCUT2D eigenvalue weighted by atomic mass is 9.93. The highest BCUT2D eigenvalue weighted by atomic mass is 16.4. The fraction of sp³-hybridized carbons (Fsp3) is 0.182. The summed E-state index contributed by atoms with van der Waals surface area (Å²) in [6.07, 6.45) is 0. The van der Waals surface area contributed by atoms with Crippen molar-refractivity contribution in [1.82, 2.24) is 0 Å². The van der Waals surface area contributed by atoms with Gasteiger partial charge in [-0.2, -0.15) is 0 Å². The zero-order chi connectivity index (χ0) is 9.84. The van der Waals surface area contributed by atoms with Crippen molar-refractivity contribution < 1.29 is 9.90 Å². The first-order chi connectivity index (χ1) is 6.13. The lowest BCUT2D eigenvalue weighted by Gasteiger charge is -2.11. The third kappa shape index (κ3) is 2.18. The van der Waals surface area contributed by atoms with Crippen LogP contribution in [-0.4, -0.2) is 11.1 Å². The van der Waals surface area contributed by atoms with Crippen molar-refractivity contribution in [2.24, 2.45) is 0 Å². The van der Waals surface area contributed by atoms with E-state index in [-0.39, 0.29) is 0 Å². The lowest BCUT2D eigenvalue weighted by molar-refractivity contribution is -0.137. The van der Waals surface area contributed by atoms with Crippen LogP contribution in [0.15, 0.2) is 42.5 Å². The second-order valence-corrected chi connectivity index (χ2v) is 3.03. The molecule has 2 heteroatoms. The van der Waals surface area contributed by atoms with Crippen LogP contribution in [0.4, 0.5) is 0 Å². The van der Waals surface area contributed by atoms with Crippen LogP contribution >= 0.6 is 0 Å². The van der Waals surface area contributed by atoms with E-state index in [2.05, 4.69) is 6.58 Å². The summed E-state index contributed by atoms with van der Waals surface area (Å²) < 4.78 is 0. The van der Waals surface area contributed by atoms with Gasteiger partial charge in [-0.05, 0) is 12.5 Å². The molecule has 0 aliphatic heterocycles. The molecule has 0 saturated heterocycles. The minimum atomic E-state index is -0.848. The first kappa shape index (κ1) is 9.52. The van der Waals surface area contributed by atoms with Gasteiger partial charge in [-0.1, -0.05) is 42.5 Å². The fourth-order valence-corrected chi connectivity index (χ4v) is 1.28. The van der Waals surface area contributed by atoms with Gasteiger partial charge < -0.3 is 5.11 Å². The van der Waals surface area contributed by atoms with Crippen molar-refractivity contribution in [1.29, 1.82) is 0 Å². The fourth-order valence-electron chi connectivity index (χ4n) is 1.28. The second kappa shape index (κ2) is 3.90. The molecule has 0 heterocycles. The summed E-state index contributed by atoms with van der Waals surface area (Å²) in [6, 6.07) is 9.12. The Morgan fingerprint density at radius 1 is 1.38 bits per heavy atom. The Morgan fingerprint density at radius 2 is 1.92 bits per heavy atom. The number of hydrogen-bond donors (Lipinski definition) is 1. The number of carbonyl (C=O) groups is 1. The largest absolute Gasteiger partial charge is 0.481 e. The Balaban J connectivity index is 3.03. The predicted molar refractivity (Wildman–Crippen MR) is 51.6 cm³/mol. The molecule has 0 aromatic heterocycles. The normalized spacial score (nSPS) is 12.1. The summed E-state index contributed by atoms with van der Waals surface area (Å²) in [7, 11) is 0. The minimum Gasteiger partial charge on any atom is -0.481 e. The Labute approximate surface area is 77.5 Å². The molecule has 2 nitrogen and oxygen atoms in total. The van der Waals surface area contributed by atoms with Crippen molar-refractivity contribution in [3.63, 3.8) is 0 Å². The van der Waals surface area contributed by atoms with E-state index in [1.165, 1.54) is 0 Å². The van der Waals surface area contributed by atoms with Gasteiger partial charge in [0.2, 0.25) is 0 Å². The molecular weight excluding hydrogens is 164 g/mol. The van der Waals surface area contributed by atoms with Gasteiger partial charge in [0.05, 0.1) is 0 Å². The zero-order valence-electron chi connectivity index (χ0n) is 7.53. The first-order valence-corrected chi connectivity index (χ1v) is 4.06. The van der Waals surface area contributed by atoms with Gasteiger partial charge in [0, 0.05) is 0 Å². The van der Waals surface area contributed by atoms with E-state index in [0.717, 1.165) is 5.56 Å². The maximum atomic E-state index is 10.9. The summed E-state index contributed by atoms with van der Waals surface area (Å²) in [4.78, 5) is 10.9. The number of hydrogen-bond acceptors (Lipinski definition) is 1. The predicted octanol–water partition coefficient (Wildman–Crippen LogP) is 2.43. The van der Waals surface area contributed by atoms with Crippen molar-refractivity contribution in [3.8, 4) is 0 Å². The SMILES string of the molecule is C=C(C)C(C(=O)O)c1ccccc1. The van der Waals surface area contributed by atoms with Gasteiger partial charge >= 0.3 is 5.97 Å². The zero-order valence-corrected chi connectivity index (χ0v) is 7.53. The molecule has 0 aliphatic rings. The van der Waals surface area contributed by atoms with Gasteiger partial charge in [0.25, 0.3) is 0 Å². The number of benzene rings is 1. The first-order valence-electron chi connectivity index (χ1n) is 4.06. The van der Waals surface area contributed by atoms with Gasteiger partial charge in [-0.3, -0.25) is 4.79 Å². The smallest absolute Gasteiger partial charge is 0.315 e. The number of rotatable bonds is 3. The van der Waals surface area contributed by atoms with E-state index in [0.29, 0.717) is 5.57 Å². The molecule has 0 radical (unpaired) electrons. The summed E-state index contributed by atoms with van der Waals surface area (Å²) >= 11 is 0. The van der Waals surface area contributed by atoms with Gasteiger partial charge in [-0.15, -0.1) is 0 Å². The van der Waals surface area contributed by atoms with E-state index >= 15 is 0 Å². The molecule has 0 aliphatic carbocycles. The maximum absolute atomic E-state index is 10.9. The van der Waals surface area contributed by atoms with Crippen molar-refractivity contribution >= 4 is 5.97 Å². The van der Waals surface area contributed by atoms with Crippen LogP contribution in [0.25, 0.3) is 0 Å². The molecule has 0 saturated carbocycles. The molecule has 13 heavy (non-hydrogen) atoms. The highest BCUT2D eigenvalue weighted by molar-refractivity contribution is 5.79. The van der Waals surface area contributed by atoms with Crippen LogP contribution in [0.1, 0.15) is 18.4 Å². The van der Waals surface area contributed by atoms with Gasteiger partial charge in [0.1, 0.15) is 5.92 Å². The van der Waals surface area contributed by atoms with Crippen LogP contribution < -0.4 is 0 Å². The Hall–Kier alpha value is -1.57. The summed E-state index contributed by atoms with van der Waals surface area (Å²) in [6.45, 7) is 5.40. The van der Waals surface area contributed by atoms with E-state index in [4.69, 9.17) is 5.11 Å². The number of carboxylic acid groups (broad SMARTS) is 1. The second-order valence-electron chi connectivity index (χ2n) is 3.03. The molecule has 1 aromatic rings.